The molecule has 1 amide bonds. The number of benzene rings is 3. The van der Waals surface area contributed by atoms with Crippen LogP contribution in [0.1, 0.15) is 16.1 Å². The molecule has 0 fully saturated rings. The van der Waals surface area contributed by atoms with Crippen LogP contribution in [0.15, 0.2) is 71.2 Å². The summed E-state index contributed by atoms with van der Waals surface area (Å²) in [6.45, 7) is 1.95. The molecule has 0 unspecified atom stereocenters. The van der Waals surface area contributed by atoms with E-state index in [1.165, 1.54) is 0 Å². The molecular formula is C22H18BrN3O. The summed E-state index contributed by atoms with van der Waals surface area (Å²) in [5.74, 6) is 0.537. The van der Waals surface area contributed by atoms with Gasteiger partial charge >= 0.3 is 0 Å². The van der Waals surface area contributed by atoms with Gasteiger partial charge in [0.15, 0.2) is 0 Å². The Labute approximate surface area is 166 Å². The molecule has 134 valence electrons. The highest BCUT2D eigenvalue weighted by molar-refractivity contribution is 9.10. The Balaban J connectivity index is 1.71. The zero-order valence-corrected chi connectivity index (χ0v) is 16.6. The van der Waals surface area contributed by atoms with Crippen molar-refractivity contribution in [3.8, 4) is 11.1 Å². The van der Waals surface area contributed by atoms with Crippen molar-refractivity contribution in [1.29, 1.82) is 0 Å². The number of halogens is 1. The number of rotatable bonds is 3. The van der Waals surface area contributed by atoms with Crippen LogP contribution in [0.2, 0.25) is 0 Å². The molecule has 4 nitrogen and oxygen atoms in total. The molecule has 1 aromatic heterocycles. The summed E-state index contributed by atoms with van der Waals surface area (Å²) in [5, 5.41) is 9.69. The molecule has 0 spiro atoms. The maximum Gasteiger partial charge on any atom is 0.256 e. The van der Waals surface area contributed by atoms with Gasteiger partial charge in [0.1, 0.15) is 5.82 Å². The third kappa shape index (κ3) is 3.38. The van der Waals surface area contributed by atoms with Crippen molar-refractivity contribution >= 4 is 38.4 Å². The van der Waals surface area contributed by atoms with E-state index in [0.717, 1.165) is 32.1 Å². The minimum Gasteiger partial charge on any atom is -0.306 e. The number of hydrogen-bond donors (Lipinski definition) is 1. The number of fused-ring (bicyclic) bond motifs is 1. The van der Waals surface area contributed by atoms with Crippen LogP contribution in [0.3, 0.4) is 0 Å². The molecule has 0 radical (unpaired) electrons. The topological polar surface area (TPSA) is 46.9 Å². The van der Waals surface area contributed by atoms with Crippen molar-refractivity contribution < 1.29 is 4.79 Å². The molecule has 27 heavy (non-hydrogen) atoms. The summed E-state index contributed by atoms with van der Waals surface area (Å²) >= 11 is 3.46. The quantitative estimate of drug-likeness (QED) is 0.472. The number of amides is 1. The summed E-state index contributed by atoms with van der Waals surface area (Å²) in [7, 11) is 1.84. The molecule has 0 aliphatic carbocycles. The van der Waals surface area contributed by atoms with Crippen molar-refractivity contribution in [3.63, 3.8) is 0 Å². The number of carbonyl (C=O) groups is 1. The highest BCUT2D eigenvalue weighted by atomic mass is 79.9. The minimum atomic E-state index is -0.151. The van der Waals surface area contributed by atoms with Crippen LogP contribution < -0.4 is 5.32 Å². The number of nitrogens with zero attached hydrogens (tertiary/aromatic N) is 2. The zero-order valence-electron chi connectivity index (χ0n) is 15.0. The molecular weight excluding hydrogens is 402 g/mol. The maximum atomic E-state index is 12.9. The van der Waals surface area contributed by atoms with Crippen LogP contribution in [0, 0.1) is 6.92 Å². The fourth-order valence-corrected chi connectivity index (χ4v) is 3.54. The number of anilines is 1. The van der Waals surface area contributed by atoms with Gasteiger partial charge in [0.25, 0.3) is 5.91 Å². The lowest BCUT2D eigenvalue weighted by Gasteiger charge is -2.10. The van der Waals surface area contributed by atoms with Crippen molar-refractivity contribution in [2.75, 3.05) is 5.32 Å². The first-order valence-electron chi connectivity index (χ1n) is 8.62. The molecule has 0 saturated heterocycles. The molecule has 0 aliphatic rings. The lowest BCUT2D eigenvalue weighted by molar-refractivity contribution is 0.102. The second-order valence-corrected chi connectivity index (χ2v) is 7.37. The molecule has 1 N–H and O–H groups in total. The monoisotopic (exact) mass is 419 g/mol. The largest absolute Gasteiger partial charge is 0.306 e. The lowest BCUT2D eigenvalue weighted by atomic mass is 10.0. The Kier molecular flexibility index (Phi) is 4.54. The van der Waals surface area contributed by atoms with Gasteiger partial charge in [-0.2, -0.15) is 5.10 Å². The van der Waals surface area contributed by atoms with Gasteiger partial charge in [0.2, 0.25) is 0 Å². The molecule has 0 atom stereocenters. The number of hydrogen-bond acceptors (Lipinski definition) is 2. The van der Waals surface area contributed by atoms with Crippen LogP contribution in [0.5, 0.6) is 0 Å². The van der Waals surface area contributed by atoms with E-state index in [0.29, 0.717) is 11.4 Å². The third-order valence-corrected chi connectivity index (χ3v) is 5.13. The third-order valence-electron chi connectivity index (χ3n) is 4.60. The van der Waals surface area contributed by atoms with E-state index in [9.17, 15) is 4.79 Å². The molecule has 3 aromatic carbocycles. The van der Waals surface area contributed by atoms with E-state index in [1.807, 2.05) is 80.7 Å². The normalized spacial score (nSPS) is 10.9. The van der Waals surface area contributed by atoms with Crippen LogP contribution in [0.4, 0.5) is 5.82 Å². The van der Waals surface area contributed by atoms with Crippen LogP contribution in [-0.2, 0) is 7.05 Å². The van der Waals surface area contributed by atoms with Crippen molar-refractivity contribution in [2.24, 2.45) is 7.05 Å². The predicted octanol–water partition coefficient (Wildman–Crippen LogP) is 5.56. The lowest BCUT2D eigenvalue weighted by Crippen LogP contribution is -2.15. The summed E-state index contributed by atoms with van der Waals surface area (Å²) in [6, 6.07) is 21.7. The summed E-state index contributed by atoms with van der Waals surface area (Å²) in [6.07, 6.45) is 0. The van der Waals surface area contributed by atoms with E-state index >= 15 is 0 Å². The Bertz CT molecular complexity index is 1150. The van der Waals surface area contributed by atoms with E-state index in [-0.39, 0.29) is 5.91 Å². The second-order valence-electron chi connectivity index (χ2n) is 6.46. The highest BCUT2D eigenvalue weighted by Crippen LogP contribution is 2.32. The van der Waals surface area contributed by atoms with Gasteiger partial charge in [0.05, 0.1) is 5.69 Å². The SMILES string of the molecule is Cc1nn(C)c(NC(=O)c2ccc3ccccc3c2)c1-c1ccc(Br)cc1. The van der Waals surface area contributed by atoms with Gasteiger partial charge in [-0.25, -0.2) is 0 Å². The van der Waals surface area contributed by atoms with E-state index in [4.69, 9.17) is 0 Å². The first kappa shape index (κ1) is 17.5. The fraction of sp³-hybridized carbons (Fsp3) is 0.0909. The van der Waals surface area contributed by atoms with Gasteiger partial charge < -0.3 is 5.32 Å². The molecule has 0 aliphatic heterocycles. The first-order chi connectivity index (χ1) is 13.0. The van der Waals surface area contributed by atoms with Crippen molar-refractivity contribution in [2.45, 2.75) is 6.92 Å². The molecule has 4 rings (SSSR count). The van der Waals surface area contributed by atoms with Crippen LogP contribution >= 0.6 is 15.9 Å². The fourth-order valence-electron chi connectivity index (χ4n) is 3.27. The van der Waals surface area contributed by atoms with E-state index in [1.54, 1.807) is 4.68 Å². The Morgan fingerprint density at radius 3 is 2.44 bits per heavy atom. The van der Waals surface area contributed by atoms with Gasteiger partial charge in [0, 0.05) is 22.6 Å². The maximum absolute atomic E-state index is 12.9. The van der Waals surface area contributed by atoms with Gasteiger partial charge in [-0.05, 0) is 47.5 Å². The van der Waals surface area contributed by atoms with Crippen molar-refractivity contribution in [1.82, 2.24) is 9.78 Å². The smallest absolute Gasteiger partial charge is 0.256 e. The molecule has 5 heteroatoms. The number of aromatic nitrogens is 2. The first-order valence-corrected chi connectivity index (χ1v) is 9.42. The number of aryl methyl sites for hydroxylation is 2. The average Bonchev–Trinajstić information content (AvgIpc) is 2.95. The summed E-state index contributed by atoms with van der Waals surface area (Å²) < 4.78 is 2.72. The standard InChI is InChI=1S/C22H18BrN3O/c1-14-20(16-9-11-19(23)12-10-16)21(26(2)25-14)24-22(27)18-8-7-15-5-3-4-6-17(15)13-18/h3-13H,1-2H3,(H,24,27). The molecule has 0 bridgehead atoms. The van der Waals surface area contributed by atoms with E-state index < -0.39 is 0 Å². The number of nitrogens with one attached hydrogen (secondary N) is 1. The summed E-state index contributed by atoms with van der Waals surface area (Å²) in [4.78, 5) is 12.9. The second kappa shape index (κ2) is 7.00. The molecule has 4 aromatic rings. The zero-order chi connectivity index (χ0) is 19.0. The Hall–Kier alpha value is -2.92. The molecule has 1 heterocycles. The highest BCUT2D eigenvalue weighted by Gasteiger charge is 2.18. The molecule has 0 saturated carbocycles. The van der Waals surface area contributed by atoms with E-state index in [2.05, 4.69) is 26.3 Å². The number of carbonyl (C=O) groups excluding carboxylic acids is 1. The van der Waals surface area contributed by atoms with Crippen molar-refractivity contribution in [3.05, 3.63) is 82.5 Å². The Morgan fingerprint density at radius 1 is 1.00 bits per heavy atom. The average molecular weight is 420 g/mol. The van der Waals surface area contributed by atoms with Crippen LogP contribution in [-0.4, -0.2) is 15.7 Å². The van der Waals surface area contributed by atoms with Crippen LogP contribution in [0.25, 0.3) is 21.9 Å². The predicted molar refractivity (Wildman–Crippen MR) is 113 cm³/mol. The minimum absolute atomic E-state index is 0.151. The Morgan fingerprint density at radius 2 is 1.70 bits per heavy atom. The van der Waals surface area contributed by atoms with Gasteiger partial charge in [-0.1, -0.05) is 58.4 Å². The van der Waals surface area contributed by atoms with Gasteiger partial charge in [-0.15, -0.1) is 0 Å². The summed E-state index contributed by atoms with van der Waals surface area (Å²) in [5.41, 5.74) is 3.43. The van der Waals surface area contributed by atoms with Gasteiger partial charge in [-0.3, -0.25) is 9.48 Å².